The quantitative estimate of drug-likeness (QED) is 0.627. The van der Waals surface area contributed by atoms with Gasteiger partial charge in [0.05, 0.1) is 19.5 Å². The second-order valence-electron chi connectivity index (χ2n) is 1.70. The Hall–Kier alpha value is -1.16. The summed E-state index contributed by atoms with van der Waals surface area (Å²) in [5.41, 5.74) is 0. The number of rotatable bonds is 2. The highest BCUT2D eigenvalue weighted by atomic mass is 16.5. The first-order chi connectivity index (χ1) is 4.86. The van der Waals surface area contributed by atoms with Crippen molar-refractivity contribution in [3.05, 3.63) is 18.2 Å². The lowest BCUT2D eigenvalue weighted by molar-refractivity contribution is 0.270. The summed E-state index contributed by atoms with van der Waals surface area (Å²) in [6, 6.07) is 0. The highest BCUT2D eigenvalue weighted by molar-refractivity contribution is 5.11. The highest BCUT2D eigenvalue weighted by Gasteiger charge is 1.92. The van der Waals surface area contributed by atoms with Crippen molar-refractivity contribution in [2.75, 3.05) is 7.11 Å². The molecule has 4 nitrogen and oxygen atoms in total. The monoisotopic (exact) mass is 140 g/mol. The third kappa shape index (κ3) is 1.41. The molecule has 0 bridgehead atoms. The van der Waals surface area contributed by atoms with E-state index in [1.807, 2.05) is 0 Å². The largest absolute Gasteiger partial charge is 0.494 e. The van der Waals surface area contributed by atoms with E-state index in [0.29, 0.717) is 11.6 Å². The van der Waals surface area contributed by atoms with Gasteiger partial charge >= 0.3 is 0 Å². The predicted octanol–water partition coefficient (Wildman–Crippen LogP) is -0.0225. The average Bonchev–Trinajstić information content (AvgIpc) is 2.05. The average molecular weight is 140 g/mol. The van der Waals surface area contributed by atoms with E-state index in [0.717, 1.165) is 0 Å². The van der Waals surface area contributed by atoms with Crippen molar-refractivity contribution >= 4 is 0 Å². The molecular weight excluding hydrogens is 132 g/mol. The third-order valence-corrected chi connectivity index (χ3v) is 1.06. The van der Waals surface area contributed by atoms with Crippen LogP contribution in [0.1, 0.15) is 5.82 Å². The molecule has 1 N–H and O–H groups in total. The second kappa shape index (κ2) is 3.12. The number of methoxy groups -OCH3 is 1. The molecule has 1 heterocycles. The number of aliphatic hydroxyl groups is 1. The Morgan fingerprint density at radius 3 is 2.50 bits per heavy atom. The first kappa shape index (κ1) is 6.95. The fraction of sp³-hybridized carbons (Fsp3) is 0.333. The van der Waals surface area contributed by atoms with Crippen LogP contribution >= 0.6 is 0 Å². The second-order valence-corrected chi connectivity index (χ2v) is 1.70. The van der Waals surface area contributed by atoms with Crippen molar-refractivity contribution in [2.45, 2.75) is 6.61 Å². The van der Waals surface area contributed by atoms with Gasteiger partial charge in [0.15, 0.2) is 11.6 Å². The Morgan fingerprint density at radius 2 is 2.10 bits per heavy atom. The van der Waals surface area contributed by atoms with Crippen molar-refractivity contribution < 1.29 is 9.84 Å². The minimum atomic E-state index is -0.135. The third-order valence-electron chi connectivity index (χ3n) is 1.06. The van der Waals surface area contributed by atoms with Gasteiger partial charge in [0.25, 0.3) is 0 Å². The minimum absolute atomic E-state index is 0.135. The maximum absolute atomic E-state index is 8.54. The molecule has 0 aromatic carbocycles. The van der Waals surface area contributed by atoms with Crippen LogP contribution < -0.4 is 4.74 Å². The summed E-state index contributed by atoms with van der Waals surface area (Å²) in [5.74, 6) is 0.998. The number of aliphatic hydroxyl groups excluding tert-OH is 1. The number of aromatic nitrogens is 2. The van der Waals surface area contributed by atoms with E-state index in [1.54, 1.807) is 0 Å². The van der Waals surface area contributed by atoms with E-state index < -0.39 is 0 Å². The van der Waals surface area contributed by atoms with E-state index in [1.165, 1.54) is 19.5 Å². The molecule has 1 aromatic heterocycles. The Morgan fingerprint density at radius 1 is 1.50 bits per heavy atom. The van der Waals surface area contributed by atoms with Gasteiger partial charge in [-0.1, -0.05) is 0 Å². The molecule has 0 saturated heterocycles. The lowest BCUT2D eigenvalue weighted by Gasteiger charge is -1.97. The van der Waals surface area contributed by atoms with Crippen molar-refractivity contribution in [2.24, 2.45) is 0 Å². The van der Waals surface area contributed by atoms with Gasteiger partial charge in [-0.05, 0) is 0 Å². The molecule has 0 spiro atoms. The first-order valence-corrected chi connectivity index (χ1v) is 2.82. The smallest absolute Gasteiger partial charge is 0.155 e. The summed E-state index contributed by atoms with van der Waals surface area (Å²) in [4.78, 5) is 7.56. The summed E-state index contributed by atoms with van der Waals surface area (Å²) >= 11 is 0. The molecular formula is C6H8N2O2. The lowest BCUT2D eigenvalue weighted by Crippen LogP contribution is -1.94. The maximum atomic E-state index is 8.54. The van der Waals surface area contributed by atoms with Crippen molar-refractivity contribution in [3.63, 3.8) is 0 Å². The maximum Gasteiger partial charge on any atom is 0.155 e. The van der Waals surface area contributed by atoms with Crippen molar-refractivity contribution in [1.82, 2.24) is 9.97 Å². The number of hydrogen-bond donors (Lipinski definition) is 1. The van der Waals surface area contributed by atoms with E-state index >= 15 is 0 Å². The molecule has 0 saturated carbocycles. The molecule has 0 unspecified atom stereocenters. The Labute approximate surface area is 58.5 Å². The molecule has 0 amide bonds. The van der Waals surface area contributed by atoms with Gasteiger partial charge in [-0.25, -0.2) is 9.97 Å². The summed E-state index contributed by atoms with van der Waals surface area (Å²) < 4.78 is 4.81. The summed E-state index contributed by atoms with van der Waals surface area (Å²) in [7, 11) is 1.54. The number of nitrogens with zero attached hydrogens (tertiary/aromatic N) is 2. The Balaban J connectivity index is 2.80. The molecule has 0 aliphatic heterocycles. The standard InChI is InChI=1S/C6H8N2O2/c1-10-5-2-7-6(4-9)8-3-5/h2-3,9H,4H2,1H3. The number of ether oxygens (including phenoxy) is 1. The Kier molecular flexibility index (Phi) is 2.17. The van der Waals surface area contributed by atoms with Crippen molar-refractivity contribution in [1.29, 1.82) is 0 Å². The topological polar surface area (TPSA) is 55.2 Å². The summed E-state index contributed by atoms with van der Waals surface area (Å²) in [6.45, 7) is -0.135. The van der Waals surface area contributed by atoms with Gasteiger partial charge in [-0.2, -0.15) is 0 Å². The van der Waals surface area contributed by atoms with Crippen LogP contribution in [0.25, 0.3) is 0 Å². The summed E-state index contributed by atoms with van der Waals surface area (Å²) in [5, 5.41) is 8.54. The van der Waals surface area contributed by atoms with Crippen molar-refractivity contribution in [3.8, 4) is 5.75 Å². The molecule has 0 aliphatic carbocycles. The lowest BCUT2D eigenvalue weighted by atomic mass is 10.5. The number of hydrogen-bond acceptors (Lipinski definition) is 4. The highest BCUT2D eigenvalue weighted by Crippen LogP contribution is 2.03. The van der Waals surface area contributed by atoms with Crippen LogP contribution in [0, 0.1) is 0 Å². The molecule has 10 heavy (non-hydrogen) atoms. The first-order valence-electron chi connectivity index (χ1n) is 2.82. The summed E-state index contributed by atoms with van der Waals surface area (Å²) in [6.07, 6.45) is 3.02. The van der Waals surface area contributed by atoms with Gasteiger partial charge in [0.1, 0.15) is 6.61 Å². The molecule has 1 rings (SSSR count). The molecule has 1 aromatic rings. The molecule has 0 fully saturated rings. The van der Waals surface area contributed by atoms with Crippen LogP contribution in [0.5, 0.6) is 5.75 Å². The fourth-order valence-electron chi connectivity index (χ4n) is 0.530. The SMILES string of the molecule is COc1cnc(CO)nc1. The molecule has 54 valence electrons. The van der Waals surface area contributed by atoms with Gasteiger partial charge < -0.3 is 9.84 Å². The molecule has 0 aliphatic rings. The van der Waals surface area contributed by atoms with Crippen LogP contribution in [-0.2, 0) is 6.61 Å². The predicted molar refractivity (Wildman–Crippen MR) is 34.5 cm³/mol. The van der Waals surface area contributed by atoms with E-state index in [4.69, 9.17) is 9.84 Å². The van der Waals surface area contributed by atoms with Gasteiger partial charge in [-0.3, -0.25) is 0 Å². The van der Waals surface area contributed by atoms with Gasteiger partial charge in [-0.15, -0.1) is 0 Å². The van der Waals surface area contributed by atoms with Gasteiger partial charge in [0, 0.05) is 0 Å². The van der Waals surface area contributed by atoms with E-state index in [-0.39, 0.29) is 6.61 Å². The normalized spacial score (nSPS) is 9.40. The minimum Gasteiger partial charge on any atom is -0.494 e. The zero-order valence-electron chi connectivity index (χ0n) is 5.61. The zero-order valence-corrected chi connectivity index (χ0v) is 5.61. The van der Waals surface area contributed by atoms with Crippen LogP contribution in [0.4, 0.5) is 0 Å². The van der Waals surface area contributed by atoms with Crippen LogP contribution in [0.15, 0.2) is 12.4 Å². The molecule has 0 radical (unpaired) electrons. The fourth-order valence-corrected chi connectivity index (χ4v) is 0.530. The Bertz CT molecular complexity index is 174. The van der Waals surface area contributed by atoms with Crippen LogP contribution in [-0.4, -0.2) is 22.2 Å². The zero-order chi connectivity index (χ0) is 7.40. The molecule has 4 heteroatoms. The van der Waals surface area contributed by atoms with Gasteiger partial charge in [0.2, 0.25) is 0 Å². The van der Waals surface area contributed by atoms with E-state index in [2.05, 4.69) is 9.97 Å². The van der Waals surface area contributed by atoms with Crippen LogP contribution in [0.2, 0.25) is 0 Å². The molecule has 0 atom stereocenters. The van der Waals surface area contributed by atoms with E-state index in [9.17, 15) is 0 Å². The van der Waals surface area contributed by atoms with Crippen LogP contribution in [0.3, 0.4) is 0 Å².